The van der Waals surface area contributed by atoms with Gasteiger partial charge in [0, 0.05) is 31.0 Å². The van der Waals surface area contributed by atoms with Crippen molar-refractivity contribution in [1.29, 1.82) is 0 Å². The molecule has 136 valence electrons. The summed E-state index contributed by atoms with van der Waals surface area (Å²) in [5, 5.41) is 12.0. The second kappa shape index (κ2) is 8.05. The summed E-state index contributed by atoms with van der Waals surface area (Å²) in [6, 6.07) is 8.84. The highest BCUT2D eigenvalue weighted by atomic mass is 35.5. The number of carbonyl (C=O) groups is 1. The number of aryl methyl sites for hydroxylation is 2. The SMILES string of the molecule is CCn1cc(CNC(=O)c2ccn(COc3ccccc3Cl)n2)c(C)n1. The quantitative estimate of drug-likeness (QED) is 0.690. The van der Waals surface area contributed by atoms with Crippen LogP contribution in [-0.4, -0.2) is 25.5 Å². The van der Waals surface area contributed by atoms with Crippen LogP contribution in [0.15, 0.2) is 42.7 Å². The number of ether oxygens (including phenoxy) is 1. The number of nitrogens with zero attached hydrogens (tertiary/aromatic N) is 4. The number of aromatic nitrogens is 4. The Hall–Kier alpha value is -2.80. The van der Waals surface area contributed by atoms with Crippen molar-refractivity contribution in [1.82, 2.24) is 24.9 Å². The van der Waals surface area contributed by atoms with Crippen molar-refractivity contribution >= 4 is 17.5 Å². The number of rotatable bonds is 7. The number of halogens is 1. The van der Waals surface area contributed by atoms with Crippen molar-refractivity contribution in [2.24, 2.45) is 0 Å². The van der Waals surface area contributed by atoms with Gasteiger partial charge < -0.3 is 10.1 Å². The van der Waals surface area contributed by atoms with Crippen molar-refractivity contribution < 1.29 is 9.53 Å². The van der Waals surface area contributed by atoms with E-state index in [1.165, 1.54) is 0 Å². The van der Waals surface area contributed by atoms with E-state index < -0.39 is 0 Å². The molecule has 0 radical (unpaired) electrons. The number of nitrogens with one attached hydrogen (secondary N) is 1. The Morgan fingerprint density at radius 3 is 2.77 bits per heavy atom. The minimum Gasteiger partial charge on any atom is -0.470 e. The minimum absolute atomic E-state index is 0.166. The summed E-state index contributed by atoms with van der Waals surface area (Å²) in [4.78, 5) is 12.3. The molecule has 1 aromatic carbocycles. The predicted octanol–water partition coefficient (Wildman–Crippen LogP) is 3.03. The van der Waals surface area contributed by atoms with Gasteiger partial charge in [-0.1, -0.05) is 23.7 Å². The molecule has 0 aliphatic rings. The van der Waals surface area contributed by atoms with Crippen molar-refractivity contribution in [3.8, 4) is 5.75 Å². The molecule has 8 heteroatoms. The van der Waals surface area contributed by atoms with Gasteiger partial charge in [-0.25, -0.2) is 4.68 Å². The topological polar surface area (TPSA) is 74.0 Å². The molecule has 7 nitrogen and oxygen atoms in total. The Kier molecular flexibility index (Phi) is 5.58. The first-order chi connectivity index (χ1) is 12.6. The van der Waals surface area contributed by atoms with Crippen LogP contribution in [0.5, 0.6) is 5.75 Å². The fraction of sp³-hybridized carbons (Fsp3) is 0.278. The van der Waals surface area contributed by atoms with E-state index >= 15 is 0 Å². The highest BCUT2D eigenvalue weighted by molar-refractivity contribution is 6.32. The van der Waals surface area contributed by atoms with Gasteiger partial charge in [0.1, 0.15) is 11.4 Å². The summed E-state index contributed by atoms with van der Waals surface area (Å²) in [6.07, 6.45) is 3.62. The van der Waals surface area contributed by atoms with E-state index in [4.69, 9.17) is 16.3 Å². The van der Waals surface area contributed by atoms with Crippen LogP contribution in [0.4, 0.5) is 0 Å². The standard InChI is InChI=1S/C18H20ClN5O2/c1-3-23-11-14(13(2)21-23)10-20-18(25)16-8-9-24(22-16)12-26-17-7-5-4-6-15(17)19/h4-9,11H,3,10,12H2,1-2H3,(H,20,25). The summed E-state index contributed by atoms with van der Waals surface area (Å²) in [6.45, 7) is 5.32. The van der Waals surface area contributed by atoms with Crippen molar-refractivity contribution in [2.75, 3.05) is 0 Å². The smallest absolute Gasteiger partial charge is 0.272 e. The molecule has 0 bridgehead atoms. The molecule has 0 aliphatic carbocycles. The molecule has 1 amide bonds. The Bertz CT molecular complexity index is 903. The lowest BCUT2D eigenvalue weighted by Gasteiger charge is -2.07. The third-order valence-corrected chi connectivity index (χ3v) is 4.19. The van der Waals surface area contributed by atoms with Crippen LogP contribution in [-0.2, 0) is 19.8 Å². The molecule has 1 N–H and O–H groups in total. The molecule has 2 heterocycles. The molecule has 26 heavy (non-hydrogen) atoms. The molecule has 0 spiro atoms. The van der Waals surface area contributed by atoms with Crippen molar-refractivity contribution in [3.63, 3.8) is 0 Å². The van der Waals surface area contributed by atoms with E-state index in [0.717, 1.165) is 17.8 Å². The summed E-state index contributed by atoms with van der Waals surface area (Å²) in [5.74, 6) is 0.323. The number of para-hydroxylation sites is 1. The zero-order chi connectivity index (χ0) is 18.5. The molecule has 2 aromatic heterocycles. The Balaban J connectivity index is 1.56. The molecular weight excluding hydrogens is 354 g/mol. The third-order valence-electron chi connectivity index (χ3n) is 3.87. The van der Waals surface area contributed by atoms with E-state index in [1.54, 1.807) is 29.1 Å². The van der Waals surface area contributed by atoms with Gasteiger partial charge in [0.15, 0.2) is 6.73 Å². The molecular formula is C18H20ClN5O2. The largest absolute Gasteiger partial charge is 0.470 e. The fourth-order valence-electron chi connectivity index (χ4n) is 2.41. The van der Waals surface area contributed by atoms with Gasteiger partial charge in [-0.05, 0) is 32.0 Å². The monoisotopic (exact) mass is 373 g/mol. The first-order valence-electron chi connectivity index (χ1n) is 8.28. The lowest BCUT2D eigenvalue weighted by atomic mass is 10.2. The molecule has 0 saturated carbocycles. The second-order valence-electron chi connectivity index (χ2n) is 5.72. The highest BCUT2D eigenvalue weighted by Gasteiger charge is 2.11. The third kappa shape index (κ3) is 4.23. The van der Waals surface area contributed by atoms with Crippen LogP contribution >= 0.6 is 11.6 Å². The lowest BCUT2D eigenvalue weighted by Crippen LogP contribution is -2.23. The number of benzene rings is 1. The van der Waals surface area contributed by atoms with Crippen molar-refractivity contribution in [3.05, 3.63) is 64.7 Å². The first kappa shape index (κ1) is 18.0. The summed E-state index contributed by atoms with van der Waals surface area (Å²) >= 11 is 6.04. The average molecular weight is 374 g/mol. The summed E-state index contributed by atoms with van der Waals surface area (Å²) in [5.41, 5.74) is 2.22. The van der Waals surface area contributed by atoms with Crippen molar-refractivity contribution in [2.45, 2.75) is 33.7 Å². The van der Waals surface area contributed by atoms with E-state index in [1.807, 2.05) is 36.9 Å². The van der Waals surface area contributed by atoms with E-state index in [0.29, 0.717) is 23.0 Å². The molecule has 0 atom stereocenters. The first-order valence-corrected chi connectivity index (χ1v) is 8.66. The Morgan fingerprint density at radius 2 is 2.04 bits per heavy atom. The molecule has 0 unspecified atom stereocenters. The molecule has 3 rings (SSSR count). The van der Waals surface area contributed by atoms with Crippen LogP contribution in [0.1, 0.15) is 28.7 Å². The molecule has 3 aromatic rings. The molecule has 0 saturated heterocycles. The van der Waals surface area contributed by atoms with Gasteiger partial charge in [0.25, 0.3) is 5.91 Å². The van der Waals surface area contributed by atoms with Gasteiger partial charge in [-0.3, -0.25) is 9.48 Å². The van der Waals surface area contributed by atoms with Crippen LogP contribution in [0, 0.1) is 6.92 Å². The second-order valence-corrected chi connectivity index (χ2v) is 6.13. The van der Waals surface area contributed by atoms with Crippen LogP contribution in [0.3, 0.4) is 0 Å². The molecule has 0 fully saturated rings. The van der Waals surface area contributed by atoms with Gasteiger partial charge in [0.05, 0.1) is 10.7 Å². The minimum atomic E-state index is -0.245. The fourth-order valence-corrected chi connectivity index (χ4v) is 2.60. The zero-order valence-corrected chi connectivity index (χ0v) is 15.4. The highest BCUT2D eigenvalue weighted by Crippen LogP contribution is 2.23. The van der Waals surface area contributed by atoms with Gasteiger partial charge in [0.2, 0.25) is 0 Å². The normalized spacial score (nSPS) is 10.7. The number of hydrogen-bond donors (Lipinski definition) is 1. The van der Waals surface area contributed by atoms with Crippen LogP contribution < -0.4 is 10.1 Å². The molecule has 0 aliphatic heterocycles. The van der Waals surface area contributed by atoms with Crippen LogP contribution in [0.2, 0.25) is 5.02 Å². The number of amides is 1. The Labute approximate surface area is 156 Å². The number of hydrogen-bond acceptors (Lipinski definition) is 4. The van der Waals surface area contributed by atoms with E-state index in [2.05, 4.69) is 15.5 Å². The maximum atomic E-state index is 12.3. The predicted molar refractivity (Wildman–Crippen MR) is 98.1 cm³/mol. The lowest BCUT2D eigenvalue weighted by molar-refractivity contribution is 0.0944. The van der Waals surface area contributed by atoms with Gasteiger partial charge in [-0.15, -0.1) is 0 Å². The Morgan fingerprint density at radius 1 is 1.23 bits per heavy atom. The zero-order valence-electron chi connectivity index (χ0n) is 14.6. The maximum Gasteiger partial charge on any atom is 0.272 e. The van der Waals surface area contributed by atoms with E-state index in [-0.39, 0.29) is 12.6 Å². The van der Waals surface area contributed by atoms with Gasteiger partial charge >= 0.3 is 0 Å². The average Bonchev–Trinajstić information content (AvgIpc) is 3.25. The van der Waals surface area contributed by atoms with E-state index in [9.17, 15) is 4.79 Å². The maximum absolute atomic E-state index is 12.3. The van der Waals surface area contributed by atoms with Gasteiger partial charge in [-0.2, -0.15) is 10.2 Å². The van der Waals surface area contributed by atoms with Crippen LogP contribution in [0.25, 0.3) is 0 Å². The number of carbonyl (C=O) groups excluding carboxylic acids is 1. The summed E-state index contributed by atoms with van der Waals surface area (Å²) < 4.78 is 8.99. The summed E-state index contributed by atoms with van der Waals surface area (Å²) in [7, 11) is 0.